The van der Waals surface area contributed by atoms with Gasteiger partial charge in [0.1, 0.15) is 5.76 Å². The molecule has 0 radical (unpaired) electrons. The maximum absolute atomic E-state index is 12.0. The Kier molecular flexibility index (Phi) is 7.17. The molecule has 1 atom stereocenters. The third-order valence-electron chi connectivity index (χ3n) is 2.60. The smallest absolute Gasteiger partial charge is 0.274 e. The molecule has 0 aliphatic rings. The largest absolute Gasteiger partial charge is 0.447 e. The molecule has 0 saturated heterocycles. The number of hydrogen-bond acceptors (Lipinski definition) is 6. The van der Waals surface area contributed by atoms with Crippen LogP contribution in [0, 0.1) is 0 Å². The molecule has 7 nitrogen and oxygen atoms in total. The second-order valence-corrected chi connectivity index (χ2v) is 6.07. The Balaban J connectivity index is 2.56. The van der Waals surface area contributed by atoms with Crippen LogP contribution in [0.2, 0.25) is 0 Å². The summed E-state index contributed by atoms with van der Waals surface area (Å²) in [6.45, 7) is 3.28. The van der Waals surface area contributed by atoms with E-state index in [0.29, 0.717) is 31.9 Å². The summed E-state index contributed by atoms with van der Waals surface area (Å²) in [5, 5.41) is 11.7. The highest BCUT2D eigenvalue weighted by Crippen LogP contribution is 2.14. The van der Waals surface area contributed by atoms with E-state index in [0.717, 1.165) is 0 Å². The van der Waals surface area contributed by atoms with E-state index in [4.69, 9.17) is 14.3 Å². The first-order chi connectivity index (χ1) is 9.49. The van der Waals surface area contributed by atoms with Crippen molar-refractivity contribution in [1.82, 2.24) is 10.0 Å². The monoisotopic (exact) mass is 306 g/mol. The highest BCUT2D eigenvalue weighted by atomic mass is 32.2. The molecule has 116 valence electrons. The molecule has 0 amide bonds. The minimum atomic E-state index is -3.68. The minimum Gasteiger partial charge on any atom is -0.447 e. The quantitative estimate of drug-likeness (QED) is 0.529. The van der Waals surface area contributed by atoms with Crippen molar-refractivity contribution in [2.45, 2.75) is 31.0 Å². The van der Waals surface area contributed by atoms with Crippen LogP contribution < -0.4 is 10.0 Å². The molecule has 0 bridgehead atoms. The number of aliphatic hydroxyl groups is 1. The molecule has 0 aliphatic heterocycles. The number of sulfonamides is 1. The summed E-state index contributed by atoms with van der Waals surface area (Å²) in [6, 6.07) is 2.69. The van der Waals surface area contributed by atoms with Crippen LogP contribution in [0.15, 0.2) is 21.6 Å². The van der Waals surface area contributed by atoms with E-state index in [9.17, 15) is 8.42 Å². The van der Waals surface area contributed by atoms with Gasteiger partial charge in [-0.25, -0.2) is 13.1 Å². The van der Waals surface area contributed by atoms with Gasteiger partial charge in [0.15, 0.2) is 0 Å². The molecule has 0 saturated carbocycles. The third kappa shape index (κ3) is 5.59. The summed E-state index contributed by atoms with van der Waals surface area (Å²) in [4.78, 5) is 0. The minimum absolute atomic E-state index is 0.0729. The summed E-state index contributed by atoms with van der Waals surface area (Å²) in [6.07, 6.45) is 0.353. The molecule has 1 aromatic rings. The molecule has 3 N–H and O–H groups in total. The molecule has 20 heavy (non-hydrogen) atoms. The van der Waals surface area contributed by atoms with Gasteiger partial charge in [0.05, 0.1) is 13.2 Å². The summed E-state index contributed by atoms with van der Waals surface area (Å²) in [5.74, 6) is 0.538. The third-order valence-corrected chi connectivity index (χ3v) is 4.06. The predicted octanol–water partition coefficient (Wildman–Crippen LogP) is 0.0648. The summed E-state index contributed by atoms with van der Waals surface area (Å²) in [5.41, 5.74) is 0. The Morgan fingerprint density at radius 1 is 1.45 bits per heavy atom. The molecule has 0 aromatic carbocycles. The van der Waals surface area contributed by atoms with Crippen LogP contribution in [-0.4, -0.2) is 46.4 Å². The maximum Gasteiger partial charge on any atom is 0.274 e. The van der Waals surface area contributed by atoms with Crippen LogP contribution in [0.5, 0.6) is 0 Å². The molecule has 8 heteroatoms. The van der Waals surface area contributed by atoms with Gasteiger partial charge in [0.25, 0.3) is 10.0 Å². The van der Waals surface area contributed by atoms with Crippen LogP contribution in [0.25, 0.3) is 0 Å². The normalized spacial score (nSPS) is 13.6. The van der Waals surface area contributed by atoms with Crippen LogP contribution in [0.4, 0.5) is 0 Å². The number of rotatable bonds is 10. The van der Waals surface area contributed by atoms with Crippen molar-refractivity contribution in [1.29, 1.82) is 0 Å². The predicted molar refractivity (Wildman–Crippen MR) is 73.8 cm³/mol. The SMILES string of the molecule is COCCNCc1ccc(S(=O)(=O)NC(C)CCO)o1. The van der Waals surface area contributed by atoms with Gasteiger partial charge in [-0.15, -0.1) is 0 Å². The lowest BCUT2D eigenvalue weighted by molar-refractivity contribution is 0.198. The topological polar surface area (TPSA) is 101 Å². The van der Waals surface area contributed by atoms with Gasteiger partial charge in [0, 0.05) is 26.3 Å². The van der Waals surface area contributed by atoms with E-state index in [-0.39, 0.29) is 17.7 Å². The standard InChI is InChI=1S/C12H22N2O5S/c1-10(5-7-15)14-20(16,17)12-4-3-11(19-12)9-13-6-8-18-2/h3-4,10,13-15H,5-9H2,1-2H3. The van der Waals surface area contributed by atoms with E-state index in [1.54, 1.807) is 20.1 Å². The number of nitrogens with one attached hydrogen (secondary N) is 2. The van der Waals surface area contributed by atoms with Gasteiger partial charge >= 0.3 is 0 Å². The zero-order chi connectivity index (χ0) is 15.0. The molecule has 0 aliphatic carbocycles. The van der Waals surface area contributed by atoms with E-state index in [1.807, 2.05) is 0 Å². The first-order valence-electron chi connectivity index (χ1n) is 6.41. The van der Waals surface area contributed by atoms with Crippen molar-refractivity contribution >= 4 is 10.0 Å². The Hall–Kier alpha value is -0.930. The van der Waals surface area contributed by atoms with Gasteiger partial charge in [-0.3, -0.25) is 0 Å². The van der Waals surface area contributed by atoms with Crippen molar-refractivity contribution < 1.29 is 22.7 Å². The van der Waals surface area contributed by atoms with Gasteiger partial charge < -0.3 is 19.6 Å². The van der Waals surface area contributed by atoms with E-state index >= 15 is 0 Å². The molecule has 0 fully saturated rings. The second-order valence-electron chi connectivity index (χ2n) is 4.42. The lowest BCUT2D eigenvalue weighted by Crippen LogP contribution is -2.33. The van der Waals surface area contributed by atoms with E-state index in [1.165, 1.54) is 6.07 Å². The average Bonchev–Trinajstić information content (AvgIpc) is 2.84. The van der Waals surface area contributed by atoms with Gasteiger partial charge in [0.2, 0.25) is 5.09 Å². The Bertz CT molecular complexity index is 486. The fourth-order valence-electron chi connectivity index (χ4n) is 1.56. The molecule has 1 unspecified atom stereocenters. The highest BCUT2D eigenvalue weighted by Gasteiger charge is 2.20. The van der Waals surface area contributed by atoms with Crippen molar-refractivity contribution in [3.63, 3.8) is 0 Å². The maximum atomic E-state index is 12.0. The Morgan fingerprint density at radius 3 is 2.85 bits per heavy atom. The second kappa shape index (κ2) is 8.38. The van der Waals surface area contributed by atoms with Crippen LogP contribution >= 0.6 is 0 Å². The zero-order valence-electron chi connectivity index (χ0n) is 11.8. The fraction of sp³-hybridized carbons (Fsp3) is 0.667. The molecule has 1 aromatic heterocycles. The summed E-state index contributed by atoms with van der Waals surface area (Å²) in [7, 11) is -2.07. The van der Waals surface area contributed by atoms with Crippen LogP contribution in [0.3, 0.4) is 0 Å². The number of methoxy groups -OCH3 is 1. The summed E-state index contributed by atoms with van der Waals surface area (Å²) >= 11 is 0. The molecule has 1 rings (SSSR count). The number of hydrogen-bond donors (Lipinski definition) is 3. The first-order valence-corrected chi connectivity index (χ1v) is 7.89. The molecular formula is C12H22N2O5S. The first kappa shape index (κ1) is 17.1. The van der Waals surface area contributed by atoms with Crippen molar-refractivity contribution in [2.75, 3.05) is 26.9 Å². The van der Waals surface area contributed by atoms with Gasteiger partial charge in [-0.05, 0) is 25.5 Å². The molecular weight excluding hydrogens is 284 g/mol. The lowest BCUT2D eigenvalue weighted by atomic mass is 10.3. The van der Waals surface area contributed by atoms with Gasteiger partial charge in [-0.1, -0.05) is 0 Å². The van der Waals surface area contributed by atoms with Gasteiger partial charge in [-0.2, -0.15) is 0 Å². The van der Waals surface area contributed by atoms with Crippen LogP contribution in [0.1, 0.15) is 19.1 Å². The van der Waals surface area contributed by atoms with Crippen molar-refractivity contribution in [2.24, 2.45) is 0 Å². The highest BCUT2D eigenvalue weighted by molar-refractivity contribution is 7.89. The fourth-order valence-corrected chi connectivity index (χ4v) is 2.79. The summed E-state index contributed by atoms with van der Waals surface area (Å²) < 4.78 is 36.6. The number of furan rings is 1. The van der Waals surface area contributed by atoms with Crippen molar-refractivity contribution in [3.8, 4) is 0 Å². The van der Waals surface area contributed by atoms with Crippen LogP contribution in [-0.2, 0) is 21.3 Å². The lowest BCUT2D eigenvalue weighted by Gasteiger charge is -2.11. The average molecular weight is 306 g/mol. The number of ether oxygens (including phenoxy) is 1. The van der Waals surface area contributed by atoms with E-state index < -0.39 is 10.0 Å². The molecule has 1 heterocycles. The molecule has 0 spiro atoms. The Morgan fingerprint density at radius 2 is 2.20 bits per heavy atom. The zero-order valence-corrected chi connectivity index (χ0v) is 12.6. The van der Waals surface area contributed by atoms with Crippen molar-refractivity contribution in [3.05, 3.63) is 17.9 Å². The van der Waals surface area contributed by atoms with E-state index in [2.05, 4.69) is 10.0 Å². The Labute approximate surface area is 119 Å². The number of aliphatic hydroxyl groups excluding tert-OH is 1.